The highest BCUT2D eigenvalue weighted by molar-refractivity contribution is 6.52. The Labute approximate surface area is 109 Å². The van der Waals surface area contributed by atoms with E-state index in [4.69, 9.17) is 5.84 Å². The molecule has 1 aliphatic rings. The molecule has 7 nitrogen and oxygen atoms in total. The Bertz CT molecular complexity index is 556. The number of amides is 1. The lowest BCUT2D eigenvalue weighted by atomic mass is 10.1. The van der Waals surface area contributed by atoms with E-state index in [0.29, 0.717) is 11.3 Å². The van der Waals surface area contributed by atoms with Gasteiger partial charge in [-0.3, -0.25) is 14.4 Å². The molecule has 0 saturated heterocycles. The summed E-state index contributed by atoms with van der Waals surface area (Å²) in [6.07, 6.45) is -0.0590. The van der Waals surface area contributed by atoms with Crippen molar-refractivity contribution in [3.8, 4) is 0 Å². The molecule has 2 rings (SSSR count). The zero-order valence-corrected chi connectivity index (χ0v) is 10.3. The maximum Gasteiger partial charge on any atom is 0.328 e. The number of fused-ring (bicyclic) bond motifs is 1. The van der Waals surface area contributed by atoms with Gasteiger partial charge in [0, 0.05) is 6.54 Å². The van der Waals surface area contributed by atoms with Gasteiger partial charge in [-0.1, -0.05) is 17.2 Å². The number of carbonyl (C=O) groups is 3. The van der Waals surface area contributed by atoms with Gasteiger partial charge < -0.3 is 9.74 Å². The second-order valence-corrected chi connectivity index (χ2v) is 4.15. The van der Waals surface area contributed by atoms with Crippen LogP contribution in [0.5, 0.6) is 0 Å². The Kier molecular flexibility index (Phi) is 3.59. The molecule has 19 heavy (non-hydrogen) atoms. The van der Waals surface area contributed by atoms with Crippen molar-refractivity contribution >= 4 is 23.3 Å². The summed E-state index contributed by atoms with van der Waals surface area (Å²) >= 11 is 0. The molecule has 0 radical (unpaired) electrons. The fraction of sp³-hybridized carbons (Fsp3) is 0.250. The van der Waals surface area contributed by atoms with Gasteiger partial charge in [0.05, 0.1) is 17.7 Å². The molecule has 0 bridgehead atoms. The second-order valence-electron chi connectivity index (χ2n) is 4.15. The number of benzene rings is 1. The number of nitrogens with zero attached hydrogens (tertiary/aromatic N) is 1. The van der Waals surface area contributed by atoms with Crippen LogP contribution < -0.4 is 16.3 Å². The molecule has 1 aliphatic heterocycles. The van der Waals surface area contributed by atoms with Crippen molar-refractivity contribution < 1.29 is 19.2 Å². The average molecular weight is 263 g/mol. The summed E-state index contributed by atoms with van der Waals surface area (Å²) in [6, 6.07) is 5.16. The van der Waals surface area contributed by atoms with Gasteiger partial charge in [0.25, 0.3) is 11.7 Å². The maximum atomic E-state index is 11.8. The van der Waals surface area contributed by atoms with Gasteiger partial charge in [-0.25, -0.2) is 5.84 Å². The molecule has 0 saturated carbocycles. The van der Waals surface area contributed by atoms with E-state index in [1.807, 2.05) is 6.92 Å². The monoisotopic (exact) mass is 263 g/mol. The Hall–Kier alpha value is -2.25. The molecule has 7 heteroatoms. The van der Waals surface area contributed by atoms with Crippen molar-refractivity contribution in [2.45, 2.75) is 13.3 Å². The van der Waals surface area contributed by atoms with Gasteiger partial charge in [0.1, 0.15) is 0 Å². The van der Waals surface area contributed by atoms with Gasteiger partial charge in [0.2, 0.25) is 0 Å². The van der Waals surface area contributed by atoms with E-state index in [-0.39, 0.29) is 13.0 Å². The van der Waals surface area contributed by atoms with Crippen LogP contribution in [0.3, 0.4) is 0 Å². The zero-order chi connectivity index (χ0) is 14.0. The molecule has 0 fully saturated rings. The molecule has 100 valence electrons. The van der Waals surface area contributed by atoms with E-state index in [0.717, 1.165) is 5.56 Å². The van der Waals surface area contributed by atoms with Crippen molar-refractivity contribution in [3.63, 3.8) is 0 Å². The third kappa shape index (κ3) is 2.47. The molecule has 1 amide bonds. The van der Waals surface area contributed by atoms with Crippen molar-refractivity contribution in [1.29, 1.82) is 0 Å². The standard InChI is InChI=1S/C12H13N3O4/c1-7-2-3-9-8(6-7)11(17)12(18)15(9)5-4-10(16)19-14-13/h2-3,6,14H,4-5,13H2,1H3. The first-order chi connectivity index (χ1) is 9.04. The van der Waals surface area contributed by atoms with Crippen LogP contribution in [0.2, 0.25) is 0 Å². The number of nitrogens with one attached hydrogen (secondary N) is 1. The minimum atomic E-state index is -0.630. The number of hydrogen-bond donors (Lipinski definition) is 2. The highest BCUT2D eigenvalue weighted by atomic mass is 16.7. The molecule has 1 heterocycles. The van der Waals surface area contributed by atoms with E-state index in [1.54, 1.807) is 23.8 Å². The predicted molar refractivity (Wildman–Crippen MR) is 65.9 cm³/mol. The summed E-state index contributed by atoms with van der Waals surface area (Å²) in [5.41, 5.74) is 3.56. The van der Waals surface area contributed by atoms with Crippen LogP contribution >= 0.6 is 0 Å². The summed E-state index contributed by atoms with van der Waals surface area (Å²) in [6.45, 7) is 1.91. The normalized spacial score (nSPS) is 13.7. The number of anilines is 1. The quantitative estimate of drug-likeness (QED) is 0.444. The SMILES string of the molecule is Cc1ccc2c(c1)C(=O)C(=O)N2CCC(=O)ONN. The molecular formula is C12H13N3O4. The zero-order valence-electron chi connectivity index (χ0n) is 10.3. The largest absolute Gasteiger partial charge is 0.356 e. The van der Waals surface area contributed by atoms with Crippen LogP contribution in [0.1, 0.15) is 22.3 Å². The number of nitrogens with two attached hydrogens (primary N) is 1. The number of hydrogen-bond acceptors (Lipinski definition) is 6. The Balaban J connectivity index is 2.17. The summed E-state index contributed by atoms with van der Waals surface area (Å²) in [7, 11) is 0. The van der Waals surface area contributed by atoms with E-state index in [9.17, 15) is 14.4 Å². The smallest absolute Gasteiger partial charge is 0.328 e. The van der Waals surface area contributed by atoms with E-state index >= 15 is 0 Å². The molecule has 3 N–H and O–H groups in total. The number of aryl methyl sites for hydroxylation is 1. The van der Waals surface area contributed by atoms with Gasteiger partial charge in [0.15, 0.2) is 0 Å². The van der Waals surface area contributed by atoms with E-state index in [2.05, 4.69) is 4.84 Å². The van der Waals surface area contributed by atoms with E-state index < -0.39 is 17.7 Å². The topological polar surface area (TPSA) is 102 Å². The molecule has 0 aromatic heterocycles. The molecule has 0 spiro atoms. The Morgan fingerprint density at radius 2 is 2.16 bits per heavy atom. The lowest BCUT2D eigenvalue weighted by Gasteiger charge is -2.15. The van der Waals surface area contributed by atoms with Crippen LogP contribution in [0.15, 0.2) is 18.2 Å². The van der Waals surface area contributed by atoms with Crippen molar-refractivity contribution in [1.82, 2.24) is 5.59 Å². The van der Waals surface area contributed by atoms with Crippen molar-refractivity contribution in [2.24, 2.45) is 5.84 Å². The molecule has 1 aromatic rings. The van der Waals surface area contributed by atoms with Gasteiger partial charge >= 0.3 is 5.97 Å². The molecular weight excluding hydrogens is 250 g/mol. The number of carbonyl (C=O) groups excluding carboxylic acids is 3. The lowest BCUT2D eigenvalue weighted by molar-refractivity contribution is -0.150. The third-order valence-corrected chi connectivity index (χ3v) is 2.84. The summed E-state index contributed by atoms with van der Waals surface area (Å²) in [4.78, 5) is 40.4. The fourth-order valence-electron chi connectivity index (χ4n) is 1.96. The Morgan fingerprint density at radius 1 is 1.42 bits per heavy atom. The van der Waals surface area contributed by atoms with E-state index in [1.165, 1.54) is 4.90 Å². The second kappa shape index (κ2) is 5.17. The molecule has 1 aromatic carbocycles. The van der Waals surface area contributed by atoms with Crippen molar-refractivity contribution in [2.75, 3.05) is 11.4 Å². The average Bonchev–Trinajstić information content (AvgIpc) is 2.61. The highest BCUT2D eigenvalue weighted by Crippen LogP contribution is 2.29. The molecule has 0 unspecified atom stereocenters. The molecule has 0 aliphatic carbocycles. The van der Waals surface area contributed by atoms with Crippen LogP contribution in [0.25, 0.3) is 0 Å². The van der Waals surface area contributed by atoms with Gasteiger partial charge in [-0.15, -0.1) is 0 Å². The lowest BCUT2D eigenvalue weighted by Crippen LogP contribution is -2.33. The van der Waals surface area contributed by atoms with Crippen LogP contribution in [-0.2, 0) is 14.4 Å². The predicted octanol–water partition coefficient (Wildman–Crippen LogP) is -0.164. The fourth-order valence-corrected chi connectivity index (χ4v) is 1.96. The minimum absolute atomic E-state index is 0.0590. The Morgan fingerprint density at radius 3 is 2.84 bits per heavy atom. The van der Waals surface area contributed by atoms with Gasteiger partial charge in [-0.2, -0.15) is 0 Å². The summed E-state index contributed by atoms with van der Waals surface area (Å²) in [5, 5.41) is 0. The van der Waals surface area contributed by atoms with Crippen molar-refractivity contribution in [3.05, 3.63) is 29.3 Å². The van der Waals surface area contributed by atoms with Crippen LogP contribution in [0, 0.1) is 6.92 Å². The first-order valence-corrected chi connectivity index (χ1v) is 5.66. The first-order valence-electron chi connectivity index (χ1n) is 5.66. The minimum Gasteiger partial charge on any atom is -0.356 e. The van der Waals surface area contributed by atoms with Crippen LogP contribution in [0.4, 0.5) is 5.69 Å². The third-order valence-electron chi connectivity index (χ3n) is 2.84. The number of rotatable bonds is 4. The van der Waals surface area contributed by atoms with Gasteiger partial charge in [-0.05, 0) is 19.1 Å². The van der Waals surface area contributed by atoms with Crippen LogP contribution in [-0.4, -0.2) is 24.2 Å². The highest BCUT2D eigenvalue weighted by Gasteiger charge is 2.35. The summed E-state index contributed by atoms with van der Waals surface area (Å²) < 4.78 is 0. The number of ketones is 1. The number of hydrazine groups is 1. The molecule has 0 atom stereocenters. The maximum absolute atomic E-state index is 11.8. The summed E-state index contributed by atoms with van der Waals surface area (Å²) in [5.74, 6) is 3.04. The number of Topliss-reactive ketones (excluding diaryl/α,β-unsaturated/α-hetero) is 1. The first kappa shape index (κ1) is 13.2.